The molecule has 0 spiro atoms. The second kappa shape index (κ2) is 11.5. The highest BCUT2D eigenvalue weighted by atomic mass is 32.2. The van der Waals surface area contributed by atoms with E-state index in [2.05, 4.69) is 20.9 Å². The van der Waals surface area contributed by atoms with Crippen LogP contribution in [0.3, 0.4) is 0 Å². The number of hydrogen-bond acceptors (Lipinski definition) is 4. The van der Waals surface area contributed by atoms with Crippen molar-refractivity contribution in [2.45, 2.75) is 24.8 Å². The average Bonchev–Trinajstić information content (AvgIpc) is 2.77. The van der Waals surface area contributed by atoms with Crippen LogP contribution in [0, 0.1) is 0 Å². The molecule has 0 fully saturated rings. The molecule has 2 aromatic rings. The smallest absolute Gasteiger partial charge is 0.251 e. The average molecular weight is 446 g/mol. The van der Waals surface area contributed by atoms with Gasteiger partial charge in [0.1, 0.15) is 0 Å². The van der Waals surface area contributed by atoms with E-state index in [1.54, 1.807) is 37.4 Å². The first kappa shape index (κ1) is 24.4. The number of guanidine groups is 1. The van der Waals surface area contributed by atoms with Crippen LogP contribution < -0.4 is 16.0 Å². The summed E-state index contributed by atoms with van der Waals surface area (Å²) in [4.78, 5) is 16.6. The van der Waals surface area contributed by atoms with Crippen molar-refractivity contribution in [2.24, 2.45) is 4.99 Å². The maximum absolute atomic E-state index is 12.2. The lowest BCUT2D eigenvalue weighted by molar-refractivity contribution is 0.0963. The summed E-state index contributed by atoms with van der Waals surface area (Å²) in [6, 6.07) is 14.3. The quantitative estimate of drug-likeness (QED) is 0.402. The van der Waals surface area contributed by atoms with Crippen LogP contribution in [-0.2, 0) is 23.0 Å². The van der Waals surface area contributed by atoms with Crippen molar-refractivity contribution < 1.29 is 13.2 Å². The van der Waals surface area contributed by atoms with E-state index in [0.29, 0.717) is 24.6 Å². The Morgan fingerprint density at radius 1 is 1.03 bits per heavy atom. The third kappa shape index (κ3) is 7.08. The number of rotatable bonds is 9. The fourth-order valence-electron chi connectivity index (χ4n) is 2.83. The van der Waals surface area contributed by atoms with E-state index in [-0.39, 0.29) is 10.8 Å². The molecule has 8 nitrogen and oxygen atoms in total. The van der Waals surface area contributed by atoms with Crippen molar-refractivity contribution in [3.8, 4) is 0 Å². The Bertz CT molecular complexity index is 1000. The summed E-state index contributed by atoms with van der Waals surface area (Å²) >= 11 is 0. The first-order valence-corrected chi connectivity index (χ1v) is 11.6. The lowest BCUT2D eigenvalue weighted by Gasteiger charge is -2.13. The van der Waals surface area contributed by atoms with Gasteiger partial charge in [0, 0.05) is 39.8 Å². The number of benzene rings is 2. The molecule has 0 saturated carbocycles. The van der Waals surface area contributed by atoms with Crippen molar-refractivity contribution in [1.29, 1.82) is 0 Å². The summed E-state index contributed by atoms with van der Waals surface area (Å²) in [5.41, 5.74) is 2.61. The molecule has 168 valence electrons. The molecule has 2 aromatic carbocycles. The van der Waals surface area contributed by atoms with Crippen molar-refractivity contribution in [3.05, 3.63) is 65.2 Å². The molecule has 0 aliphatic carbocycles. The maximum atomic E-state index is 12.2. The zero-order valence-corrected chi connectivity index (χ0v) is 19.3. The summed E-state index contributed by atoms with van der Waals surface area (Å²) in [7, 11) is 1.20. The highest BCUT2D eigenvalue weighted by Crippen LogP contribution is 2.14. The lowest BCUT2D eigenvalue weighted by atomic mass is 10.1. The Hall–Kier alpha value is -2.91. The maximum Gasteiger partial charge on any atom is 0.251 e. The van der Waals surface area contributed by atoms with E-state index in [0.717, 1.165) is 24.1 Å². The van der Waals surface area contributed by atoms with Gasteiger partial charge in [0.15, 0.2) is 5.96 Å². The van der Waals surface area contributed by atoms with Crippen LogP contribution in [-0.4, -0.2) is 58.8 Å². The van der Waals surface area contributed by atoms with Crippen LogP contribution in [0.25, 0.3) is 0 Å². The Morgan fingerprint density at radius 3 is 2.35 bits per heavy atom. The molecule has 9 heteroatoms. The Kier molecular flexibility index (Phi) is 9.02. The first-order chi connectivity index (χ1) is 14.8. The Morgan fingerprint density at radius 2 is 1.74 bits per heavy atom. The Balaban J connectivity index is 1.97. The van der Waals surface area contributed by atoms with Crippen molar-refractivity contribution in [3.63, 3.8) is 0 Å². The van der Waals surface area contributed by atoms with Gasteiger partial charge in [0.2, 0.25) is 10.0 Å². The molecule has 0 saturated heterocycles. The number of amides is 1. The van der Waals surface area contributed by atoms with Gasteiger partial charge >= 0.3 is 0 Å². The molecular weight excluding hydrogens is 414 g/mol. The summed E-state index contributed by atoms with van der Waals surface area (Å²) in [5, 5.41) is 9.12. The third-order valence-corrected chi connectivity index (χ3v) is 6.42. The molecule has 2 rings (SSSR count). The molecule has 0 aliphatic rings. The molecule has 31 heavy (non-hydrogen) atoms. The topological polar surface area (TPSA) is 103 Å². The summed E-state index contributed by atoms with van der Waals surface area (Å²) in [6.45, 7) is 3.79. The molecule has 1 amide bonds. The van der Waals surface area contributed by atoms with E-state index in [4.69, 9.17) is 0 Å². The van der Waals surface area contributed by atoms with Crippen LogP contribution in [0.4, 0.5) is 0 Å². The number of nitrogens with one attached hydrogen (secondary N) is 3. The largest absolute Gasteiger partial charge is 0.357 e. The second-order valence-corrected chi connectivity index (χ2v) is 9.23. The number of nitrogens with zero attached hydrogens (tertiary/aromatic N) is 2. The number of hydrogen-bond donors (Lipinski definition) is 3. The normalized spacial score (nSPS) is 12.0. The van der Waals surface area contributed by atoms with Crippen LogP contribution in [0.15, 0.2) is 58.4 Å². The van der Waals surface area contributed by atoms with Crippen LogP contribution in [0.1, 0.15) is 28.4 Å². The zero-order valence-electron chi connectivity index (χ0n) is 18.5. The van der Waals surface area contributed by atoms with Gasteiger partial charge in [-0.3, -0.25) is 4.79 Å². The predicted octanol–water partition coefficient (Wildman–Crippen LogP) is 1.59. The lowest BCUT2D eigenvalue weighted by Crippen LogP contribution is -2.38. The van der Waals surface area contributed by atoms with Gasteiger partial charge in [-0.05, 0) is 48.7 Å². The molecule has 0 aliphatic heterocycles. The highest BCUT2D eigenvalue weighted by molar-refractivity contribution is 7.89. The van der Waals surface area contributed by atoms with Crippen molar-refractivity contribution >= 4 is 21.9 Å². The molecular formula is C22H31N5O3S. The van der Waals surface area contributed by atoms with Gasteiger partial charge in [-0.1, -0.05) is 24.3 Å². The van der Waals surface area contributed by atoms with Gasteiger partial charge in [-0.25, -0.2) is 17.7 Å². The van der Waals surface area contributed by atoms with Gasteiger partial charge in [0.25, 0.3) is 5.91 Å². The minimum atomic E-state index is -3.43. The standard InChI is InChI=1S/C22H31N5O3S/c1-5-24-22(25-14-13-17-7-6-8-19(15-17)21(28)23-2)26-16-18-9-11-20(12-10-18)31(29,30)27(3)4/h6-12,15H,5,13-14,16H2,1-4H3,(H,23,28)(H2,24,25,26). The van der Waals surface area contributed by atoms with Gasteiger partial charge in [-0.2, -0.15) is 0 Å². The fraction of sp³-hybridized carbons (Fsp3) is 0.364. The monoisotopic (exact) mass is 445 g/mol. The van der Waals surface area contributed by atoms with Crippen LogP contribution in [0.5, 0.6) is 0 Å². The molecule has 0 aromatic heterocycles. The SMILES string of the molecule is CCNC(=NCc1ccc(S(=O)(=O)N(C)C)cc1)NCCc1cccc(C(=O)NC)c1. The second-order valence-electron chi connectivity index (χ2n) is 7.08. The molecule has 3 N–H and O–H groups in total. The molecule has 0 unspecified atom stereocenters. The number of carbonyl (C=O) groups is 1. The van der Waals surface area contributed by atoms with Gasteiger partial charge < -0.3 is 16.0 Å². The fourth-order valence-corrected chi connectivity index (χ4v) is 3.73. The predicted molar refractivity (Wildman–Crippen MR) is 124 cm³/mol. The van der Waals surface area contributed by atoms with E-state index in [9.17, 15) is 13.2 Å². The highest BCUT2D eigenvalue weighted by Gasteiger charge is 2.16. The van der Waals surface area contributed by atoms with E-state index < -0.39 is 10.0 Å². The zero-order chi connectivity index (χ0) is 22.9. The van der Waals surface area contributed by atoms with Crippen LogP contribution in [0.2, 0.25) is 0 Å². The molecule has 0 heterocycles. The van der Waals surface area contributed by atoms with Crippen molar-refractivity contribution in [1.82, 2.24) is 20.3 Å². The molecule has 0 bridgehead atoms. The van der Waals surface area contributed by atoms with Crippen LogP contribution >= 0.6 is 0 Å². The minimum absolute atomic E-state index is 0.103. The number of aliphatic imine (C=N–C) groups is 1. The van der Waals surface area contributed by atoms with Gasteiger partial charge in [0.05, 0.1) is 11.4 Å². The van der Waals surface area contributed by atoms with Gasteiger partial charge in [-0.15, -0.1) is 0 Å². The van der Waals surface area contributed by atoms with E-state index in [1.807, 2.05) is 25.1 Å². The van der Waals surface area contributed by atoms with E-state index >= 15 is 0 Å². The van der Waals surface area contributed by atoms with E-state index in [1.165, 1.54) is 18.4 Å². The number of sulfonamides is 1. The first-order valence-electron chi connectivity index (χ1n) is 10.1. The van der Waals surface area contributed by atoms with Crippen molar-refractivity contribution in [2.75, 3.05) is 34.2 Å². The Labute approximate surface area is 184 Å². The summed E-state index contributed by atoms with van der Waals surface area (Å²) in [5.74, 6) is 0.573. The number of carbonyl (C=O) groups excluding carboxylic acids is 1. The summed E-state index contributed by atoms with van der Waals surface area (Å²) < 4.78 is 25.5. The molecule has 0 radical (unpaired) electrons. The minimum Gasteiger partial charge on any atom is -0.357 e. The third-order valence-electron chi connectivity index (χ3n) is 4.59. The summed E-state index contributed by atoms with van der Waals surface area (Å²) in [6.07, 6.45) is 0.742. The molecule has 0 atom stereocenters.